The van der Waals surface area contributed by atoms with Gasteiger partial charge in [0, 0.05) is 11.6 Å². The number of piperidine rings is 1. The number of hydrogen-bond donors (Lipinski definition) is 1. The summed E-state index contributed by atoms with van der Waals surface area (Å²) < 4.78 is 19.1. The van der Waals surface area contributed by atoms with Crippen molar-refractivity contribution in [2.75, 3.05) is 13.7 Å². The standard InChI is InChI=1S/C14H20FNO/c1-10(15)14-11(6-5-8-13(14)17-2)12-7-3-4-9-16-12/h5-6,8,10,12,16H,3-4,7,9H2,1-2H3. The van der Waals surface area contributed by atoms with Crippen molar-refractivity contribution in [3.63, 3.8) is 0 Å². The van der Waals surface area contributed by atoms with E-state index in [9.17, 15) is 4.39 Å². The van der Waals surface area contributed by atoms with Crippen LogP contribution in [0.1, 0.15) is 49.5 Å². The molecule has 0 aliphatic carbocycles. The molecule has 1 heterocycles. The fourth-order valence-corrected chi connectivity index (χ4v) is 2.59. The Morgan fingerprint density at radius 3 is 2.82 bits per heavy atom. The Bertz CT molecular complexity index is 372. The highest BCUT2D eigenvalue weighted by atomic mass is 19.1. The lowest BCUT2D eigenvalue weighted by Crippen LogP contribution is -2.27. The minimum absolute atomic E-state index is 0.270. The quantitative estimate of drug-likeness (QED) is 0.868. The first kappa shape index (κ1) is 12.4. The maximum Gasteiger partial charge on any atom is 0.126 e. The Morgan fingerprint density at radius 1 is 1.41 bits per heavy atom. The van der Waals surface area contributed by atoms with Crippen molar-refractivity contribution in [2.24, 2.45) is 0 Å². The molecule has 1 aromatic carbocycles. The smallest absolute Gasteiger partial charge is 0.126 e. The normalized spacial score (nSPS) is 22.2. The zero-order chi connectivity index (χ0) is 12.3. The highest BCUT2D eigenvalue weighted by Crippen LogP contribution is 2.36. The highest BCUT2D eigenvalue weighted by molar-refractivity contribution is 5.43. The molecule has 1 aromatic rings. The predicted molar refractivity (Wildman–Crippen MR) is 67.1 cm³/mol. The van der Waals surface area contributed by atoms with E-state index in [0.717, 1.165) is 18.5 Å². The number of benzene rings is 1. The number of halogens is 1. The molecule has 1 fully saturated rings. The summed E-state index contributed by atoms with van der Waals surface area (Å²) in [5, 5.41) is 3.46. The van der Waals surface area contributed by atoms with Crippen molar-refractivity contribution in [2.45, 2.75) is 38.4 Å². The van der Waals surface area contributed by atoms with E-state index in [1.165, 1.54) is 12.8 Å². The van der Waals surface area contributed by atoms with Gasteiger partial charge < -0.3 is 10.1 Å². The molecule has 2 atom stereocenters. The van der Waals surface area contributed by atoms with Crippen molar-refractivity contribution in [3.8, 4) is 5.75 Å². The van der Waals surface area contributed by atoms with Gasteiger partial charge in [0.1, 0.15) is 11.9 Å². The largest absolute Gasteiger partial charge is 0.496 e. The number of alkyl halides is 1. The van der Waals surface area contributed by atoms with E-state index in [1.54, 1.807) is 14.0 Å². The molecule has 2 unspecified atom stereocenters. The molecular formula is C14H20FNO. The molecule has 17 heavy (non-hydrogen) atoms. The minimum atomic E-state index is -0.995. The van der Waals surface area contributed by atoms with E-state index in [1.807, 2.05) is 18.2 Å². The number of ether oxygens (including phenoxy) is 1. The molecule has 3 heteroatoms. The van der Waals surface area contributed by atoms with Gasteiger partial charge in [0.2, 0.25) is 0 Å². The van der Waals surface area contributed by atoms with Crippen LogP contribution in [0.4, 0.5) is 4.39 Å². The Balaban J connectivity index is 2.37. The van der Waals surface area contributed by atoms with E-state index in [2.05, 4.69) is 5.32 Å². The molecule has 0 spiro atoms. The van der Waals surface area contributed by atoms with Crippen LogP contribution in [0.5, 0.6) is 5.75 Å². The molecule has 0 amide bonds. The van der Waals surface area contributed by atoms with Gasteiger partial charge in [-0.15, -0.1) is 0 Å². The van der Waals surface area contributed by atoms with Crippen LogP contribution in [-0.4, -0.2) is 13.7 Å². The van der Waals surface area contributed by atoms with Crippen LogP contribution in [0.3, 0.4) is 0 Å². The van der Waals surface area contributed by atoms with E-state index >= 15 is 0 Å². The summed E-state index contributed by atoms with van der Waals surface area (Å²) in [5.41, 5.74) is 1.76. The van der Waals surface area contributed by atoms with Crippen LogP contribution in [-0.2, 0) is 0 Å². The Kier molecular flexibility index (Phi) is 4.00. The first-order chi connectivity index (χ1) is 8.24. The Labute approximate surface area is 102 Å². The average molecular weight is 237 g/mol. The maximum atomic E-state index is 13.8. The molecule has 0 bridgehead atoms. The molecule has 0 saturated carbocycles. The van der Waals surface area contributed by atoms with E-state index in [0.29, 0.717) is 11.3 Å². The summed E-state index contributed by atoms with van der Waals surface area (Å²) >= 11 is 0. The molecule has 1 N–H and O–H groups in total. The van der Waals surface area contributed by atoms with E-state index in [-0.39, 0.29) is 6.04 Å². The minimum Gasteiger partial charge on any atom is -0.496 e. The van der Waals surface area contributed by atoms with Crippen LogP contribution >= 0.6 is 0 Å². The highest BCUT2D eigenvalue weighted by Gasteiger charge is 2.22. The van der Waals surface area contributed by atoms with Gasteiger partial charge in [-0.25, -0.2) is 4.39 Å². The van der Waals surface area contributed by atoms with Gasteiger partial charge in [0.05, 0.1) is 7.11 Å². The molecule has 1 aliphatic heterocycles. The summed E-state index contributed by atoms with van der Waals surface area (Å²) in [7, 11) is 1.60. The molecule has 0 aromatic heterocycles. The van der Waals surface area contributed by atoms with Gasteiger partial charge in [-0.05, 0) is 37.9 Å². The Hall–Kier alpha value is -1.09. The molecule has 94 valence electrons. The monoisotopic (exact) mass is 237 g/mol. The van der Waals surface area contributed by atoms with Crippen LogP contribution < -0.4 is 10.1 Å². The number of methoxy groups -OCH3 is 1. The van der Waals surface area contributed by atoms with Gasteiger partial charge in [0.15, 0.2) is 0 Å². The van der Waals surface area contributed by atoms with Crippen LogP contribution in [0.25, 0.3) is 0 Å². The van der Waals surface area contributed by atoms with Crippen molar-refractivity contribution in [3.05, 3.63) is 29.3 Å². The molecule has 2 nitrogen and oxygen atoms in total. The van der Waals surface area contributed by atoms with Crippen LogP contribution in [0.15, 0.2) is 18.2 Å². The average Bonchev–Trinajstić information content (AvgIpc) is 2.38. The number of rotatable bonds is 3. The summed E-state index contributed by atoms with van der Waals surface area (Å²) in [6.45, 7) is 2.59. The third-order valence-corrected chi connectivity index (χ3v) is 3.40. The van der Waals surface area contributed by atoms with Crippen LogP contribution in [0.2, 0.25) is 0 Å². The Morgan fingerprint density at radius 2 is 2.24 bits per heavy atom. The summed E-state index contributed by atoms with van der Waals surface area (Å²) in [5.74, 6) is 0.657. The maximum absolute atomic E-state index is 13.8. The second kappa shape index (κ2) is 5.50. The number of nitrogens with one attached hydrogen (secondary N) is 1. The van der Waals surface area contributed by atoms with Crippen molar-refractivity contribution < 1.29 is 9.13 Å². The fraction of sp³-hybridized carbons (Fsp3) is 0.571. The van der Waals surface area contributed by atoms with Gasteiger partial charge in [0.25, 0.3) is 0 Å². The summed E-state index contributed by atoms with van der Waals surface area (Å²) in [6, 6.07) is 6.05. The predicted octanol–water partition coefficient (Wildman–Crippen LogP) is 3.54. The molecule has 2 rings (SSSR count). The van der Waals surface area contributed by atoms with Crippen LogP contribution in [0, 0.1) is 0 Å². The third-order valence-electron chi connectivity index (χ3n) is 3.40. The molecular weight excluding hydrogens is 217 g/mol. The summed E-state index contributed by atoms with van der Waals surface area (Å²) in [4.78, 5) is 0. The van der Waals surface area contributed by atoms with Gasteiger partial charge >= 0.3 is 0 Å². The first-order valence-electron chi connectivity index (χ1n) is 6.28. The fourth-order valence-electron chi connectivity index (χ4n) is 2.59. The molecule has 0 radical (unpaired) electrons. The second-order valence-electron chi connectivity index (χ2n) is 4.58. The van der Waals surface area contributed by atoms with Crippen molar-refractivity contribution >= 4 is 0 Å². The lowest BCUT2D eigenvalue weighted by molar-refractivity contribution is 0.334. The zero-order valence-corrected chi connectivity index (χ0v) is 10.5. The van der Waals surface area contributed by atoms with E-state index < -0.39 is 6.17 Å². The lowest BCUT2D eigenvalue weighted by atomic mass is 9.91. The first-order valence-corrected chi connectivity index (χ1v) is 6.28. The molecule has 1 saturated heterocycles. The lowest BCUT2D eigenvalue weighted by Gasteiger charge is -2.27. The zero-order valence-electron chi connectivity index (χ0n) is 10.5. The van der Waals surface area contributed by atoms with E-state index in [4.69, 9.17) is 4.74 Å². The molecule has 1 aliphatic rings. The van der Waals surface area contributed by atoms with Crippen molar-refractivity contribution in [1.82, 2.24) is 5.32 Å². The van der Waals surface area contributed by atoms with Gasteiger partial charge in [-0.1, -0.05) is 18.6 Å². The van der Waals surface area contributed by atoms with Gasteiger partial charge in [-0.3, -0.25) is 0 Å². The third kappa shape index (κ3) is 2.60. The SMILES string of the molecule is COc1cccc(C2CCCCN2)c1C(C)F. The topological polar surface area (TPSA) is 21.3 Å². The van der Waals surface area contributed by atoms with Crippen molar-refractivity contribution in [1.29, 1.82) is 0 Å². The van der Waals surface area contributed by atoms with Gasteiger partial charge in [-0.2, -0.15) is 0 Å². The number of hydrogen-bond acceptors (Lipinski definition) is 2. The second-order valence-corrected chi connectivity index (χ2v) is 4.58. The summed E-state index contributed by atoms with van der Waals surface area (Å²) in [6.07, 6.45) is 2.49.